The third kappa shape index (κ3) is 9.32. The Morgan fingerprint density at radius 1 is 0.979 bits per heavy atom. The zero-order valence-corrected chi connectivity index (χ0v) is 27.9. The third-order valence-corrected chi connectivity index (χ3v) is 8.00. The number of aromatic nitrogens is 3. The van der Waals surface area contributed by atoms with Crippen LogP contribution < -0.4 is 20.7 Å². The number of rotatable bonds is 17. The Balaban J connectivity index is 1.30. The Kier molecular flexibility index (Phi) is 14.0. The van der Waals surface area contributed by atoms with Crippen LogP contribution in [0.15, 0.2) is 42.9 Å². The van der Waals surface area contributed by atoms with Crippen molar-refractivity contribution >= 4 is 29.0 Å². The molecule has 256 valence electrons. The highest BCUT2D eigenvalue weighted by molar-refractivity contribution is 6.30. The summed E-state index contributed by atoms with van der Waals surface area (Å²) in [6, 6.07) is 5.76. The summed E-state index contributed by atoms with van der Waals surface area (Å²) in [6.07, 6.45) is 4.38. The van der Waals surface area contributed by atoms with Crippen molar-refractivity contribution < 1.29 is 37.6 Å². The molecule has 1 saturated heterocycles. The van der Waals surface area contributed by atoms with Crippen molar-refractivity contribution in [3.05, 3.63) is 59.3 Å². The maximum Gasteiger partial charge on any atom is 0.254 e. The van der Waals surface area contributed by atoms with E-state index in [1.165, 1.54) is 37.7 Å². The fourth-order valence-corrected chi connectivity index (χ4v) is 5.63. The second-order valence-electron chi connectivity index (χ2n) is 10.7. The topological polar surface area (TPSA) is 147 Å². The fraction of sp³-hybridized carbons (Fsp3) is 0.500. The van der Waals surface area contributed by atoms with Crippen LogP contribution in [-0.2, 0) is 23.7 Å². The molecule has 3 heterocycles. The summed E-state index contributed by atoms with van der Waals surface area (Å²) in [4.78, 5) is 25.9. The van der Waals surface area contributed by atoms with E-state index in [0.717, 1.165) is 0 Å². The summed E-state index contributed by atoms with van der Waals surface area (Å²) in [7, 11) is 7.98. The lowest BCUT2D eigenvalue weighted by Crippen LogP contribution is -2.60. The van der Waals surface area contributed by atoms with Gasteiger partial charge in [-0.2, -0.15) is 0 Å². The minimum absolute atomic E-state index is 0.0983. The highest BCUT2D eigenvalue weighted by Gasteiger charge is 2.46. The van der Waals surface area contributed by atoms with Crippen LogP contribution in [0.3, 0.4) is 0 Å². The molecule has 0 bridgehead atoms. The van der Waals surface area contributed by atoms with Crippen LogP contribution in [0.2, 0.25) is 5.02 Å². The van der Waals surface area contributed by atoms with Gasteiger partial charge in [0.25, 0.3) is 5.91 Å². The zero-order valence-electron chi connectivity index (χ0n) is 27.1. The molecule has 47 heavy (non-hydrogen) atoms. The van der Waals surface area contributed by atoms with Gasteiger partial charge in [0.05, 0.1) is 42.8 Å². The molecular formula is C32H42ClFN6O7. The maximum absolute atomic E-state index is 14.5. The van der Waals surface area contributed by atoms with Gasteiger partial charge in [-0.1, -0.05) is 11.6 Å². The number of anilines is 2. The predicted molar refractivity (Wildman–Crippen MR) is 174 cm³/mol. The Labute approximate surface area is 278 Å². The van der Waals surface area contributed by atoms with E-state index in [9.17, 15) is 9.18 Å². The Bertz CT molecular complexity index is 1460. The Hall–Kier alpha value is -3.50. The number of hydrogen-bond donors (Lipinski definition) is 3. The number of amides is 1. The molecule has 5 atom stereocenters. The van der Waals surface area contributed by atoms with E-state index in [1.54, 1.807) is 40.7 Å². The van der Waals surface area contributed by atoms with E-state index in [0.29, 0.717) is 61.1 Å². The molecule has 1 fully saturated rings. The first-order valence-electron chi connectivity index (χ1n) is 15.1. The van der Waals surface area contributed by atoms with Crippen molar-refractivity contribution in [1.29, 1.82) is 0 Å². The average Bonchev–Trinajstić information content (AvgIpc) is 3.08. The van der Waals surface area contributed by atoms with E-state index in [4.69, 9.17) is 40.0 Å². The molecule has 0 spiro atoms. The van der Waals surface area contributed by atoms with Crippen LogP contribution in [0.25, 0.3) is 11.4 Å². The van der Waals surface area contributed by atoms with Gasteiger partial charge in [-0.3, -0.25) is 9.78 Å². The van der Waals surface area contributed by atoms with E-state index in [1.807, 2.05) is 0 Å². The van der Waals surface area contributed by atoms with Crippen molar-refractivity contribution in [2.75, 3.05) is 67.1 Å². The minimum Gasteiger partial charge on any atom is -0.491 e. The lowest BCUT2D eigenvalue weighted by Gasteiger charge is -2.45. The van der Waals surface area contributed by atoms with Gasteiger partial charge in [0, 0.05) is 52.4 Å². The smallest absolute Gasteiger partial charge is 0.254 e. The molecule has 4 rings (SSSR count). The van der Waals surface area contributed by atoms with Crippen LogP contribution in [0.1, 0.15) is 23.2 Å². The molecule has 1 aliphatic heterocycles. The number of methoxy groups -OCH3 is 5. The summed E-state index contributed by atoms with van der Waals surface area (Å²) >= 11 is 6.06. The summed E-state index contributed by atoms with van der Waals surface area (Å²) in [5.74, 6) is -0.216. The van der Waals surface area contributed by atoms with Gasteiger partial charge in [0.1, 0.15) is 30.2 Å². The SMILES string of the molecule is COCC1OC(CCNCCCNC(=O)c2cnccc2Nc2nc(-c3cc(Cl)ccc3F)ncc2OC)C(OC)C(OC)C1OC. The summed E-state index contributed by atoms with van der Waals surface area (Å²) < 4.78 is 48.6. The highest BCUT2D eigenvalue weighted by atomic mass is 35.5. The number of halogens is 2. The van der Waals surface area contributed by atoms with Gasteiger partial charge in [-0.05, 0) is 50.2 Å². The number of nitrogens with zero attached hydrogens (tertiary/aromatic N) is 3. The van der Waals surface area contributed by atoms with Crippen molar-refractivity contribution in [2.45, 2.75) is 43.4 Å². The number of carbonyl (C=O) groups is 1. The molecule has 1 amide bonds. The van der Waals surface area contributed by atoms with Crippen molar-refractivity contribution in [3.63, 3.8) is 0 Å². The van der Waals surface area contributed by atoms with Gasteiger partial charge in [-0.25, -0.2) is 14.4 Å². The molecule has 1 aliphatic rings. The van der Waals surface area contributed by atoms with E-state index in [2.05, 4.69) is 30.9 Å². The summed E-state index contributed by atoms with van der Waals surface area (Å²) in [6.45, 7) is 2.14. The van der Waals surface area contributed by atoms with Crippen LogP contribution in [-0.4, -0.2) is 113 Å². The molecule has 15 heteroatoms. The predicted octanol–water partition coefficient (Wildman–Crippen LogP) is 3.64. The van der Waals surface area contributed by atoms with Crippen molar-refractivity contribution in [1.82, 2.24) is 25.6 Å². The van der Waals surface area contributed by atoms with Crippen LogP contribution in [0.5, 0.6) is 5.75 Å². The van der Waals surface area contributed by atoms with Gasteiger partial charge in [0.15, 0.2) is 17.4 Å². The molecule has 2 aromatic heterocycles. The Morgan fingerprint density at radius 3 is 2.47 bits per heavy atom. The number of nitrogens with one attached hydrogen (secondary N) is 3. The molecule has 0 aliphatic carbocycles. The third-order valence-electron chi connectivity index (χ3n) is 7.76. The molecule has 5 unspecified atom stereocenters. The summed E-state index contributed by atoms with van der Waals surface area (Å²) in [5.41, 5.74) is 0.856. The monoisotopic (exact) mass is 676 g/mol. The molecule has 0 radical (unpaired) electrons. The van der Waals surface area contributed by atoms with Gasteiger partial charge >= 0.3 is 0 Å². The molecule has 3 aromatic rings. The largest absolute Gasteiger partial charge is 0.491 e. The van der Waals surface area contributed by atoms with Crippen LogP contribution >= 0.6 is 11.6 Å². The lowest BCUT2D eigenvalue weighted by molar-refractivity contribution is -0.250. The van der Waals surface area contributed by atoms with E-state index in [-0.39, 0.29) is 53.6 Å². The second kappa shape index (κ2) is 18.2. The van der Waals surface area contributed by atoms with Gasteiger partial charge in [-0.15, -0.1) is 0 Å². The zero-order chi connectivity index (χ0) is 33.8. The Morgan fingerprint density at radius 2 is 1.74 bits per heavy atom. The molecule has 0 saturated carbocycles. The summed E-state index contributed by atoms with van der Waals surface area (Å²) in [5, 5.41) is 9.78. The first kappa shape index (κ1) is 36.3. The van der Waals surface area contributed by atoms with Crippen LogP contribution in [0, 0.1) is 5.82 Å². The first-order chi connectivity index (χ1) is 22.8. The fourth-order valence-electron chi connectivity index (χ4n) is 5.46. The van der Waals surface area contributed by atoms with Crippen molar-refractivity contribution in [3.8, 4) is 17.1 Å². The quantitative estimate of drug-likeness (QED) is 0.179. The number of carbonyl (C=O) groups excluding carboxylic acids is 1. The number of ether oxygens (including phenoxy) is 6. The molecular weight excluding hydrogens is 635 g/mol. The molecule has 3 N–H and O–H groups in total. The standard InChI is InChI=1S/C32H42ClFN6O7/c1-42-18-26-28(45-4)29(46-5)27(44-3)24(47-26)10-14-35-11-6-12-37-32(41)21-16-36-13-9-23(21)39-31-25(43-2)17-38-30(40-31)20-15-19(33)7-8-22(20)34/h7-9,13,15-17,24,26-29,35H,6,10-12,14,18H2,1-5H3,(H,37,41)(H,36,38,39,40). The van der Waals surface area contributed by atoms with Crippen LogP contribution in [0.4, 0.5) is 15.9 Å². The minimum atomic E-state index is -0.527. The molecule has 13 nitrogen and oxygen atoms in total. The maximum atomic E-state index is 14.5. The first-order valence-corrected chi connectivity index (χ1v) is 15.5. The van der Waals surface area contributed by atoms with Crippen molar-refractivity contribution in [2.24, 2.45) is 0 Å². The number of hydrogen-bond acceptors (Lipinski definition) is 12. The average molecular weight is 677 g/mol. The number of benzene rings is 1. The highest BCUT2D eigenvalue weighted by Crippen LogP contribution is 2.31. The molecule has 1 aromatic carbocycles. The van der Waals surface area contributed by atoms with Gasteiger partial charge in [0.2, 0.25) is 0 Å². The number of pyridine rings is 1. The van der Waals surface area contributed by atoms with E-state index < -0.39 is 5.82 Å². The normalized spacial score (nSPS) is 21.0. The van der Waals surface area contributed by atoms with Gasteiger partial charge < -0.3 is 44.4 Å². The second-order valence-corrected chi connectivity index (χ2v) is 11.1. The van der Waals surface area contributed by atoms with E-state index >= 15 is 0 Å². The lowest BCUT2D eigenvalue weighted by atomic mass is 9.93.